The van der Waals surface area contributed by atoms with Gasteiger partial charge in [-0.2, -0.15) is 5.10 Å². The first-order chi connectivity index (χ1) is 11.1. The number of nitrogens with one attached hydrogen (secondary N) is 2. The van der Waals surface area contributed by atoms with E-state index in [0.717, 1.165) is 18.2 Å². The molecule has 0 aliphatic carbocycles. The van der Waals surface area contributed by atoms with Crippen molar-refractivity contribution in [3.8, 4) is 5.82 Å². The highest BCUT2D eigenvalue weighted by atomic mass is 19.1. The summed E-state index contributed by atoms with van der Waals surface area (Å²) in [4.78, 5) is 19.7. The third-order valence-corrected chi connectivity index (χ3v) is 2.81. The summed E-state index contributed by atoms with van der Waals surface area (Å²) in [5.41, 5.74) is -0.274. The Balaban J connectivity index is 1.73. The summed E-state index contributed by atoms with van der Waals surface area (Å²) in [6, 6.07) is 5.19. The van der Waals surface area contributed by atoms with E-state index in [1.54, 1.807) is 18.5 Å². The van der Waals surface area contributed by atoms with Gasteiger partial charge in [-0.15, -0.1) is 0 Å². The van der Waals surface area contributed by atoms with Crippen LogP contribution in [0.5, 0.6) is 0 Å². The van der Waals surface area contributed by atoms with Crippen LogP contribution >= 0.6 is 0 Å². The van der Waals surface area contributed by atoms with Crippen LogP contribution in [0.3, 0.4) is 0 Å². The van der Waals surface area contributed by atoms with Gasteiger partial charge in [0, 0.05) is 24.5 Å². The SMILES string of the molecule is O=C(Nc1cc(-n2cccn2)ncn1)Nc1cc(F)ccc1F. The second-order valence-electron chi connectivity index (χ2n) is 4.42. The van der Waals surface area contributed by atoms with Crippen LogP contribution in [-0.4, -0.2) is 25.8 Å². The number of benzene rings is 1. The van der Waals surface area contributed by atoms with Crippen LogP contribution in [0.1, 0.15) is 0 Å². The maximum absolute atomic E-state index is 13.5. The molecule has 1 aromatic carbocycles. The summed E-state index contributed by atoms with van der Waals surface area (Å²) >= 11 is 0. The van der Waals surface area contributed by atoms with Gasteiger partial charge < -0.3 is 5.32 Å². The van der Waals surface area contributed by atoms with Crippen LogP contribution in [-0.2, 0) is 0 Å². The molecule has 2 aromatic heterocycles. The molecule has 0 fully saturated rings. The molecule has 0 radical (unpaired) electrons. The Hall–Kier alpha value is -3.36. The maximum atomic E-state index is 13.5. The third kappa shape index (κ3) is 3.46. The number of halogens is 2. The van der Waals surface area contributed by atoms with Gasteiger partial charge in [0.2, 0.25) is 0 Å². The van der Waals surface area contributed by atoms with Crippen molar-refractivity contribution in [3.63, 3.8) is 0 Å². The first kappa shape index (κ1) is 14.6. The van der Waals surface area contributed by atoms with E-state index < -0.39 is 17.7 Å². The van der Waals surface area contributed by atoms with Gasteiger partial charge >= 0.3 is 6.03 Å². The molecular formula is C14H10F2N6O. The molecule has 0 saturated heterocycles. The molecule has 0 aliphatic rings. The van der Waals surface area contributed by atoms with Crippen molar-refractivity contribution in [2.24, 2.45) is 0 Å². The van der Waals surface area contributed by atoms with E-state index in [0.29, 0.717) is 5.82 Å². The van der Waals surface area contributed by atoms with Gasteiger partial charge in [0.15, 0.2) is 5.82 Å². The predicted octanol–water partition coefficient (Wildman–Crippen LogP) is 2.58. The molecule has 2 heterocycles. The van der Waals surface area contributed by atoms with E-state index in [2.05, 4.69) is 25.7 Å². The van der Waals surface area contributed by atoms with Crippen LogP contribution in [0.4, 0.5) is 25.1 Å². The fourth-order valence-corrected chi connectivity index (χ4v) is 1.81. The van der Waals surface area contributed by atoms with Crippen LogP contribution < -0.4 is 10.6 Å². The van der Waals surface area contributed by atoms with E-state index in [9.17, 15) is 13.6 Å². The molecule has 23 heavy (non-hydrogen) atoms. The second-order valence-corrected chi connectivity index (χ2v) is 4.42. The van der Waals surface area contributed by atoms with Crippen LogP contribution in [0, 0.1) is 11.6 Å². The molecule has 0 bridgehead atoms. The summed E-state index contributed by atoms with van der Waals surface area (Å²) in [5, 5.41) is 8.62. The number of carbonyl (C=O) groups is 1. The van der Waals surface area contributed by atoms with Crippen LogP contribution in [0.15, 0.2) is 49.1 Å². The number of hydrogen-bond donors (Lipinski definition) is 2. The van der Waals surface area contributed by atoms with E-state index in [1.165, 1.54) is 17.1 Å². The molecular weight excluding hydrogens is 306 g/mol. The lowest BCUT2D eigenvalue weighted by atomic mass is 10.3. The molecule has 0 saturated carbocycles. The first-order valence-corrected chi connectivity index (χ1v) is 6.47. The molecule has 2 amide bonds. The van der Waals surface area contributed by atoms with Gasteiger partial charge in [-0.05, 0) is 18.2 Å². The Kier molecular flexibility index (Phi) is 3.91. The average molecular weight is 316 g/mol. The maximum Gasteiger partial charge on any atom is 0.324 e. The second kappa shape index (κ2) is 6.18. The van der Waals surface area contributed by atoms with Crippen molar-refractivity contribution in [2.45, 2.75) is 0 Å². The molecule has 3 rings (SSSR count). The van der Waals surface area contributed by atoms with Crippen LogP contribution in [0.2, 0.25) is 0 Å². The Morgan fingerprint density at radius 2 is 2.00 bits per heavy atom. The molecule has 0 spiro atoms. The van der Waals surface area contributed by atoms with Crippen molar-refractivity contribution in [1.82, 2.24) is 19.7 Å². The van der Waals surface area contributed by atoms with Gasteiger partial charge in [0.25, 0.3) is 0 Å². The molecule has 2 N–H and O–H groups in total. The van der Waals surface area contributed by atoms with E-state index in [4.69, 9.17) is 0 Å². The fraction of sp³-hybridized carbons (Fsp3) is 0. The summed E-state index contributed by atoms with van der Waals surface area (Å²) in [6.45, 7) is 0. The van der Waals surface area contributed by atoms with E-state index in [1.807, 2.05) is 0 Å². The lowest BCUT2D eigenvalue weighted by Crippen LogP contribution is -2.21. The van der Waals surface area contributed by atoms with Gasteiger partial charge in [-0.3, -0.25) is 5.32 Å². The minimum absolute atomic E-state index is 0.180. The normalized spacial score (nSPS) is 10.3. The highest BCUT2D eigenvalue weighted by Crippen LogP contribution is 2.16. The number of urea groups is 1. The quantitative estimate of drug-likeness (QED) is 0.778. The highest BCUT2D eigenvalue weighted by molar-refractivity contribution is 5.99. The monoisotopic (exact) mass is 316 g/mol. The van der Waals surface area contributed by atoms with Crippen LogP contribution in [0.25, 0.3) is 5.82 Å². The van der Waals surface area contributed by atoms with Crippen molar-refractivity contribution in [1.29, 1.82) is 0 Å². The number of amides is 2. The Morgan fingerprint density at radius 3 is 2.78 bits per heavy atom. The zero-order valence-electron chi connectivity index (χ0n) is 11.6. The Bertz CT molecular complexity index is 837. The van der Waals surface area contributed by atoms with Crippen molar-refractivity contribution in [2.75, 3.05) is 10.6 Å². The number of hydrogen-bond acceptors (Lipinski definition) is 4. The molecule has 0 unspecified atom stereocenters. The van der Waals surface area contributed by atoms with Crippen molar-refractivity contribution in [3.05, 3.63) is 60.7 Å². The zero-order valence-corrected chi connectivity index (χ0v) is 11.6. The topological polar surface area (TPSA) is 84.7 Å². The first-order valence-electron chi connectivity index (χ1n) is 6.47. The van der Waals surface area contributed by atoms with Gasteiger partial charge in [-0.25, -0.2) is 28.2 Å². The number of aromatic nitrogens is 4. The third-order valence-electron chi connectivity index (χ3n) is 2.81. The Morgan fingerprint density at radius 1 is 1.13 bits per heavy atom. The minimum atomic E-state index is -0.764. The standard InChI is InChI=1S/C14H10F2N6O/c15-9-2-3-10(16)11(6-9)20-14(23)21-12-7-13(18-8-17-12)22-5-1-4-19-22/h1-8H,(H2,17,18,20,21,23). The number of rotatable bonds is 3. The molecule has 7 nitrogen and oxygen atoms in total. The number of carbonyl (C=O) groups excluding carboxylic acids is 1. The Labute approximate surface area is 129 Å². The lowest BCUT2D eigenvalue weighted by Gasteiger charge is -2.08. The molecule has 0 aliphatic heterocycles. The molecule has 3 aromatic rings. The van der Waals surface area contributed by atoms with Crippen molar-refractivity contribution >= 4 is 17.5 Å². The molecule has 0 atom stereocenters. The molecule has 116 valence electrons. The van der Waals surface area contributed by atoms with Gasteiger partial charge in [0.05, 0.1) is 5.69 Å². The van der Waals surface area contributed by atoms with Gasteiger partial charge in [0.1, 0.15) is 23.8 Å². The highest BCUT2D eigenvalue weighted by Gasteiger charge is 2.10. The predicted molar refractivity (Wildman–Crippen MR) is 78.2 cm³/mol. The largest absolute Gasteiger partial charge is 0.324 e. The zero-order chi connectivity index (χ0) is 16.2. The van der Waals surface area contributed by atoms with E-state index in [-0.39, 0.29) is 11.5 Å². The summed E-state index contributed by atoms with van der Waals surface area (Å²) in [6.07, 6.45) is 4.50. The molecule has 9 heteroatoms. The number of nitrogens with zero attached hydrogens (tertiary/aromatic N) is 4. The summed E-state index contributed by atoms with van der Waals surface area (Å²) < 4.78 is 28.0. The number of anilines is 2. The van der Waals surface area contributed by atoms with E-state index >= 15 is 0 Å². The summed E-state index contributed by atoms with van der Waals surface area (Å²) in [7, 11) is 0. The smallest absolute Gasteiger partial charge is 0.305 e. The lowest BCUT2D eigenvalue weighted by molar-refractivity contribution is 0.262. The summed E-state index contributed by atoms with van der Waals surface area (Å²) in [5.74, 6) is -0.789. The minimum Gasteiger partial charge on any atom is -0.305 e. The average Bonchev–Trinajstić information content (AvgIpc) is 3.05. The fourth-order valence-electron chi connectivity index (χ4n) is 1.81. The van der Waals surface area contributed by atoms with Gasteiger partial charge in [-0.1, -0.05) is 0 Å². The van der Waals surface area contributed by atoms with Crippen molar-refractivity contribution < 1.29 is 13.6 Å².